The Kier molecular flexibility index (Phi) is 3.20. The maximum Gasteiger partial charge on any atom is 0.286 e. The number of benzene rings is 1. The van der Waals surface area contributed by atoms with E-state index >= 15 is 0 Å². The molecule has 5 heteroatoms. The fraction of sp³-hybridized carbons (Fsp3) is 0.0714. The van der Waals surface area contributed by atoms with E-state index in [4.69, 9.17) is 0 Å². The Balaban J connectivity index is 1.99. The molecular formula is C14H11N3OS. The summed E-state index contributed by atoms with van der Waals surface area (Å²) >= 11 is 1.61. The van der Waals surface area contributed by atoms with E-state index in [1.165, 1.54) is 0 Å². The van der Waals surface area contributed by atoms with Gasteiger partial charge >= 0.3 is 0 Å². The van der Waals surface area contributed by atoms with Crippen LogP contribution in [0.15, 0.2) is 52.6 Å². The molecule has 4 nitrogen and oxygen atoms in total. The van der Waals surface area contributed by atoms with E-state index in [-0.39, 0.29) is 5.56 Å². The molecule has 1 N–H and O–H groups in total. The molecule has 0 unspecified atom stereocenters. The maximum atomic E-state index is 11.8. The van der Waals surface area contributed by atoms with E-state index in [2.05, 4.69) is 15.2 Å². The van der Waals surface area contributed by atoms with Gasteiger partial charge in [-0.3, -0.25) is 4.79 Å². The van der Waals surface area contributed by atoms with Crippen molar-refractivity contribution in [1.82, 2.24) is 15.2 Å². The number of nitrogens with one attached hydrogen (secondary N) is 1. The van der Waals surface area contributed by atoms with Crippen LogP contribution in [0.3, 0.4) is 0 Å². The first kappa shape index (κ1) is 11.8. The summed E-state index contributed by atoms with van der Waals surface area (Å²) < 4.78 is 0. The number of aromatic amines is 1. The molecule has 0 aliphatic rings. The van der Waals surface area contributed by atoms with Crippen LogP contribution < -0.4 is 5.56 Å². The van der Waals surface area contributed by atoms with Gasteiger partial charge in [-0.15, -0.1) is 11.3 Å². The third kappa shape index (κ3) is 2.61. The second-order valence-corrected chi connectivity index (χ2v) is 5.09. The van der Waals surface area contributed by atoms with Crippen molar-refractivity contribution in [2.24, 2.45) is 0 Å². The fourth-order valence-corrected chi connectivity index (χ4v) is 2.50. The minimum atomic E-state index is -0.229. The number of rotatable bonds is 3. The summed E-state index contributed by atoms with van der Waals surface area (Å²) in [6.07, 6.45) is 0.537. The molecule has 0 aliphatic heterocycles. The largest absolute Gasteiger partial charge is 0.286 e. The van der Waals surface area contributed by atoms with Gasteiger partial charge in [0.1, 0.15) is 5.69 Å². The maximum absolute atomic E-state index is 11.8. The second kappa shape index (κ2) is 5.16. The first-order valence-electron chi connectivity index (χ1n) is 5.86. The number of nitrogens with zero attached hydrogens (tertiary/aromatic N) is 2. The molecule has 0 spiro atoms. The Morgan fingerprint density at radius 1 is 1.11 bits per heavy atom. The summed E-state index contributed by atoms with van der Waals surface area (Å²) in [6, 6.07) is 13.6. The topological polar surface area (TPSA) is 58.6 Å². The van der Waals surface area contributed by atoms with E-state index in [0.717, 1.165) is 10.4 Å². The molecule has 3 rings (SSSR count). The Morgan fingerprint density at radius 3 is 2.68 bits per heavy atom. The van der Waals surface area contributed by atoms with Crippen molar-refractivity contribution < 1.29 is 0 Å². The van der Waals surface area contributed by atoms with Crippen molar-refractivity contribution in [1.29, 1.82) is 0 Å². The summed E-state index contributed by atoms with van der Waals surface area (Å²) in [6.45, 7) is 0. The summed E-state index contributed by atoms with van der Waals surface area (Å²) in [7, 11) is 0. The van der Waals surface area contributed by atoms with Crippen LogP contribution in [0.1, 0.15) is 10.6 Å². The van der Waals surface area contributed by atoms with Crippen LogP contribution >= 0.6 is 11.3 Å². The van der Waals surface area contributed by atoms with Crippen LogP contribution in [-0.4, -0.2) is 15.2 Å². The smallest absolute Gasteiger partial charge is 0.266 e. The summed E-state index contributed by atoms with van der Waals surface area (Å²) in [4.78, 5) is 17.2. The molecule has 1 aromatic carbocycles. The molecule has 0 fully saturated rings. The van der Waals surface area contributed by atoms with E-state index in [1.54, 1.807) is 11.3 Å². The molecule has 3 aromatic rings. The van der Waals surface area contributed by atoms with Gasteiger partial charge in [-0.1, -0.05) is 36.4 Å². The number of hydrogen-bond donors (Lipinski definition) is 1. The Hall–Kier alpha value is -2.27. The van der Waals surface area contributed by atoms with Gasteiger partial charge in [0.25, 0.3) is 5.56 Å². The average Bonchev–Trinajstić information content (AvgIpc) is 2.95. The Morgan fingerprint density at radius 2 is 1.95 bits per heavy atom. The zero-order valence-electron chi connectivity index (χ0n) is 10.0. The highest BCUT2D eigenvalue weighted by molar-refractivity contribution is 7.09. The van der Waals surface area contributed by atoms with Crippen molar-refractivity contribution in [2.75, 3.05) is 0 Å². The van der Waals surface area contributed by atoms with Crippen molar-refractivity contribution in [3.8, 4) is 11.4 Å². The van der Waals surface area contributed by atoms with E-state index < -0.39 is 0 Å². The average molecular weight is 269 g/mol. The van der Waals surface area contributed by atoms with Crippen molar-refractivity contribution in [3.05, 3.63) is 68.8 Å². The Bertz CT molecular complexity index is 720. The van der Waals surface area contributed by atoms with Gasteiger partial charge in [-0.25, -0.2) is 10.1 Å². The van der Waals surface area contributed by atoms with Crippen LogP contribution in [0.5, 0.6) is 0 Å². The predicted octanol–water partition coefficient (Wildman–Crippen LogP) is 2.48. The minimum absolute atomic E-state index is 0.229. The van der Waals surface area contributed by atoms with Crippen LogP contribution in [0, 0.1) is 0 Å². The summed E-state index contributed by atoms with van der Waals surface area (Å²) in [5, 5.41) is 8.50. The Labute approximate surface area is 113 Å². The molecule has 19 heavy (non-hydrogen) atoms. The van der Waals surface area contributed by atoms with Gasteiger partial charge in [0.15, 0.2) is 5.82 Å². The van der Waals surface area contributed by atoms with Crippen molar-refractivity contribution in [3.63, 3.8) is 0 Å². The standard InChI is InChI=1S/C14H11N3OS/c18-14-12(9-11-7-4-8-19-11)15-13(16-17-14)10-5-2-1-3-6-10/h1-8H,9H2,(H,17,18). The fourth-order valence-electron chi connectivity index (χ4n) is 1.79. The van der Waals surface area contributed by atoms with Gasteiger partial charge < -0.3 is 0 Å². The quantitative estimate of drug-likeness (QED) is 0.794. The number of thiophene rings is 1. The molecule has 0 atom stereocenters. The first-order chi connectivity index (χ1) is 9.33. The summed E-state index contributed by atoms with van der Waals surface area (Å²) in [5.74, 6) is 0.548. The highest BCUT2D eigenvalue weighted by atomic mass is 32.1. The highest BCUT2D eigenvalue weighted by Crippen LogP contribution is 2.15. The first-order valence-corrected chi connectivity index (χ1v) is 6.74. The molecule has 94 valence electrons. The van der Waals surface area contributed by atoms with E-state index in [9.17, 15) is 4.79 Å². The van der Waals surface area contributed by atoms with Crippen molar-refractivity contribution >= 4 is 11.3 Å². The molecule has 0 aliphatic carbocycles. The van der Waals surface area contributed by atoms with Gasteiger partial charge in [0, 0.05) is 16.9 Å². The molecule has 2 heterocycles. The third-order valence-corrected chi connectivity index (χ3v) is 3.60. The lowest BCUT2D eigenvalue weighted by atomic mass is 10.2. The highest BCUT2D eigenvalue weighted by Gasteiger charge is 2.08. The molecule has 0 saturated carbocycles. The minimum Gasteiger partial charge on any atom is -0.266 e. The third-order valence-electron chi connectivity index (χ3n) is 2.72. The lowest BCUT2D eigenvalue weighted by Gasteiger charge is -2.01. The van der Waals surface area contributed by atoms with E-state index in [0.29, 0.717) is 17.9 Å². The van der Waals surface area contributed by atoms with Gasteiger partial charge in [0.2, 0.25) is 0 Å². The zero-order valence-corrected chi connectivity index (χ0v) is 10.9. The lowest BCUT2D eigenvalue weighted by molar-refractivity contribution is 0.887. The van der Waals surface area contributed by atoms with Crippen LogP contribution in [0.2, 0.25) is 0 Å². The second-order valence-electron chi connectivity index (χ2n) is 4.06. The SMILES string of the molecule is O=c1[nH]nc(-c2ccccc2)nc1Cc1cccs1. The molecular weight excluding hydrogens is 258 g/mol. The normalized spacial score (nSPS) is 10.5. The summed E-state index contributed by atoms with van der Waals surface area (Å²) in [5.41, 5.74) is 1.16. The van der Waals surface area contributed by atoms with Crippen molar-refractivity contribution in [2.45, 2.75) is 6.42 Å². The van der Waals surface area contributed by atoms with E-state index in [1.807, 2.05) is 47.8 Å². The predicted molar refractivity (Wildman–Crippen MR) is 75.2 cm³/mol. The molecule has 0 radical (unpaired) electrons. The van der Waals surface area contributed by atoms with Crippen LogP contribution in [0.4, 0.5) is 0 Å². The van der Waals surface area contributed by atoms with Gasteiger partial charge in [-0.05, 0) is 11.4 Å². The molecule has 0 saturated heterocycles. The number of aromatic nitrogens is 3. The monoisotopic (exact) mass is 269 g/mol. The number of hydrogen-bond acceptors (Lipinski definition) is 4. The zero-order chi connectivity index (χ0) is 13.1. The molecule has 0 bridgehead atoms. The van der Waals surface area contributed by atoms with Gasteiger partial charge in [-0.2, -0.15) is 5.10 Å². The molecule has 0 amide bonds. The van der Waals surface area contributed by atoms with Crippen LogP contribution in [-0.2, 0) is 6.42 Å². The number of H-pyrrole nitrogens is 1. The van der Waals surface area contributed by atoms with Gasteiger partial charge in [0.05, 0.1) is 0 Å². The molecule has 2 aromatic heterocycles. The van der Waals surface area contributed by atoms with Crippen LogP contribution in [0.25, 0.3) is 11.4 Å². The lowest BCUT2D eigenvalue weighted by Crippen LogP contribution is -2.17.